The van der Waals surface area contributed by atoms with Crippen molar-refractivity contribution in [3.8, 4) is 0 Å². The van der Waals surface area contributed by atoms with Gasteiger partial charge in [0.2, 0.25) is 0 Å². The normalized spacial score (nSPS) is 20.1. The Morgan fingerprint density at radius 2 is 0.767 bits per heavy atom. The SMILES string of the molecule is O=C(F)C(F)(OC(F)(OC(F)(C(=O)F)C(F)(F)F)C(F)(F)OC(F)(F)F)C(F)(F)F. The summed E-state index contributed by atoms with van der Waals surface area (Å²) in [5.41, 5.74) is 0. The van der Waals surface area contributed by atoms with E-state index >= 15 is 0 Å². The van der Waals surface area contributed by atoms with Gasteiger partial charge in [0.05, 0.1) is 0 Å². The molecule has 178 valence electrons. The van der Waals surface area contributed by atoms with Crippen molar-refractivity contribution in [3.63, 3.8) is 0 Å². The zero-order valence-electron chi connectivity index (χ0n) is 12.6. The van der Waals surface area contributed by atoms with Crippen LogP contribution in [-0.2, 0) is 23.8 Å². The van der Waals surface area contributed by atoms with Crippen LogP contribution in [0.4, 0.5) is 70.2 Å². The maximum atomic E-state index is 13.9. The van der Waals surface area contributed by atoms with Crippen LogP contribution in [0.15, 0.2) is 0 Å². The summed E-state index contributed by atoms with van der Waals surface area (Å²) in [7, 11) is 0. The minimum Gasteiger partial charge on any atom is -0.263 e. The topological polar surface area (TPSA) is 61.8 Å². The average molecular weight is 492 g/mol. The molecule has 0 spiro atoms. The number of hydrogen-bond donors (Lipinski definition) is 0. The monoisotopic (exact) mass is 492 g/mol. The molecular formula is C9F16O5. The van der Waals surface area contributed by atoms with Crippen molar-refractivity contribution >= 4 is 12.1 Å². The Morgan fingerprint density at radius 3 is 0.933 bits per heavy atom. The summed E-state index contributed by atoms with van der Waals surface area (Å²) < 4.78 is 206. The molecule has 0 aromatic heterocycles. The molecule has 0 saturated carbocycles. The van der Waals surface area contributed by atoms with Gasteiger partial charge in [-0.1, -0.05) is 0 Å². The zero-order valence-corrected chi connectivity index (χ0v) is 12.6. The van der Waals surface area contributed by atoms with Crippen molar-refractivity contribution in [3.05, 3.63) is 0 Å². The van der Waals surface area contributed by atoms with Gasteiger partial charge < -0.3 is 0 Å². The second-order valence-electron chi connectivity index (χ2n) is 4.54. The Labute approximate surface area is 150 Å². The summed E-state index contributed by atoms with van der Waals surface area (Å²) in [5.74, 6) is -14.4. The van der Waals surface area contributed by atoms with Gasteiger partial charge in [-0.15, -0.1) is 13.2 Å². The van der Waals surface area contributed by atoms with E-state index in [0.717, 1.165) is 0 Å². The summed E-state index contributed by atoms with van der Waals surface area (Å²) >= 11 is 0. The lowest BCUT2D eigenvalue weighted by molar-refractivity contribution is -0.571. The van der Waals surface area contributed by atoms with E-state index in [2.05, 4.69) is 0 Å². The standard InChI is InChI=1S/C9F16O5/c10-1(26)3(12,5(14,15)16)28-8(22,7(20,21)30-9(23,24)25)29-4(13,2(11)27)6(17,18)19. The van der Waals surface area contributed by atoms with Crippen LogP contribution in [-0.4, -0.2) is 54.6 Å². The summed E-state index contributed by atoms with van der Waals surface area (Å²) in [4.78, 5) is 20.0. The van der Waals surface area contributed by atoms with Crippen LogP contribution in [0, 0.1) is 0 Å². The van der Waals surface area contributed by atoms with E-state index < -0.39 is 54.6 Å². The fraction of sp³-hybridized carbons (Fsp3) is 0.778. The Kier molecular flexibility index (Phi) is 7.17. The number of ether oxygens (including phenoxy) is 3. The largest absolute Gasteiger partial charge is 0.527 e. The van der Waals surface area contributed by atoms with Crippen molar-refractivity contribution in [2.45, 2.75) is 42.6 Å². The fourth-order valence-electron chi connectivity index (χ4n) is 1.13. The first kappa shape index (κ1) is 28.1. The maximum Gasteiger partial charge on any atom is 0.527 e. The van der Waals surface area contributed by atoms with Gasteiger partial charge in [-0.3, -0.25) is 19.1 Å². The molecule has 0 bridgehead atoms. The second-order valence-corrected chi connectivity index (χ2v) is 4.54. The van der Waals surface area contributed by atoms with E-state index in [1.807, 2.05) is 0 Å². The lowest BCUT2D eigenvalue weighted by Gasteiger charge is -2.38. The quantitative estimate of drug-likeness (QED) is 0.289. The second kappa shape index (κ2) is 7.66. The van der Waals surface area contributed by atoms with E-state index in [1.54, 1.807) is 9.47 Å². The average Bonchev–Trinajstić information content (AvgIpc) is 2.41. The highest BCUT2D eigenvalue weighted by Gasteiger charge is 2.80. The smallest absolute Gasteiger partial charge is 0.263 e. The molecule has 0 aliphatic rings. The van der Waals surface area contributed by atoms with Gasteiger partial charge in [-0.25, -0.2) is 4.74 Å². The predicted molar refractivity (Wildman–Crippen MR) is 50.1 cm³/mol. The van der Waals surface area contributed by atoms with E-state index in [4.69, 9.17) is 0 Å². The first-order chi connectivity index (χ1) is 12.8. The maximum absolute atomic E-state index is 13.9. The van der Waals surface area contributed by atoms with Crippen LogP contribution in [0.3, 0.4) is 0 Å². The molecule has 0 heterocycles. The van der Waals surface area contributed by atoms with E-state index in [0.29, 0.717) is 0 Å². The van der Waals surface area contributed by atoms with Crippen LogP contribution in [0.2, 0.25) is 0 Å². The van der Waals surface area contributed by atoms with Crippen LogP contribution in [0.25, 0.3) is 0 Å². The molecule has 2 unspecified atom stereocenters. The van der Waals surface area contributed by atoms with Gasteiger partial charge in [0.25, 0.3) is 0 Å². The highest BCUT2D eigenvalue weighted by molar-refractivity contribution is 5.78. The minimum atomic E-state index is -7.64. The molecule has 0 saturated heterocycles. The highest BCUT2D eigenvalue weighted by Crippen LogP contribution is 2.51. The van der Waals surface area contributed by atoms with Gasteiger partial charge in [0, 0.05) is 0 Å². The van der Waals surface area contributed by atoms with Crippen LogP contribution >= 0.6 is 0 Å². The van der Waals surface area contributed by atoms with Crippen molar-refractivity contribution in [1.29, 1.82) is 0 Å². The summed E-state index contributed by atoms with van der Waals surface area (Å²) in [6, 6.07) is -17.2. The van der Waals surface area contributed by atoms with Crippen molar-refractivity contribution < 1.29 is 94.0 Å². The van der Waals surface area contributed by atoms with Crippen molar-refractivity contribution in [2.24, 2.45) is 0 Å². The molecule has 0 radical (unpaired) electrons. The minimum absolute atomic E-state index is 1.37. The molecule has 0 rings (SSSR count). The lowest BCUT2D eigenvalue weighted by Crippen LogP contribution is -2.65. The summed E-state index contributed by atoms with van der Waals surface area (Å²) in [6.45, 7) is 0. The third kappa shape index (κ3) is 5.42. The first-order valence-corrected chi connectivity index (χ1v) is 5.91. The Bertz CT molecular complexity index is 625. The Hall–Kier alpha value is -1.90. The third-order valence-corrected chi connectivity index (χ3v) is 2.37. The lowest BCUT2D eigenvalue weighted by atomic mass is 10.3. The van der Waals surface area contributed by atoms with Gasteiger partial charge in [-0.2, -0.15) is 57.1 Å². The van der Waals surface area contributed by atoms with Crippen LogP contribution in [0.5, 0.6) is 0 Å². The molecule has 21 heteroatoms. The first-order valence-electron chi connectivity index (χ1n) is 5.91. The number of rotatable bonds is 8. The van der Waals surface area contributed by atoms with Gasteiger partial charge in [-0.05, 0) is 0 Å². The molecule has 0 N–H and O–H groups in total. The molecule has 0 aromatic rings. The van der Waals surface area contributed by atoms with Gasteiger partial charge in [0.1, 0.15) is 0 Å². The molecule has 0 aliphatic heterocycles. The van der Waals surface area contributed by atoms with Crippen LogP contribution < -0.4 is 0 Å². The Balaban J connectivity index is 6.86. The highest BCUT2D eigenvalue weighted by atomic mass is 19.4. The van der Waals surface area contributed by atoms with Crippen LogP contribution in [0.1, 0.15) is 0 Å². The van der Waals surface area contributed by atoms with Gasteiger partial charge in [0.15, 0.2) is 0 Å². The van der Waals surface area contributed by atoms with E-state index in [1.165, 1.54) is 4.74 Å². The van der Waals surface area contributed by atoms with E-state index in [9.17, 15) is 79.8 Å². The summed E-state index contributed by atoms with van der Waals surface area (Å²) in [6.07, 6.45) is -29.4. The van der Waals surface area contributed by atoms with E-state index in [-0.39, 0.29) is 0 Å². The molecule has 0 fully saturated rings. The molecular weight excluding hydrogens is 492 g/mol. The Morgan fingerprint density at radius 1 is 0.500 bits per heavy atom. The third-order valence-electron chi connectivity index (χ3n) is 2.37. The molecule has 5 nitrogen and oxygen atoms in total. The van der Waals surface area contributed by atoms with Gasteiger partial charge >= 0.3 is 54.6 Å². The number of carbonyl (C=O) groups excluding carboxylic acids is 2. The van der Waals surface area contributed by atoms with Crippen molar-refractivity contribution in [2.75, 3.05) is 0 Å². The predicted octanol–water partition coefficient (Wildman–Crippen LogP) is 4.22. The molecule has 30 heavy (non-hydrogen) atoms. The van der Waals surface area contributed by atoms with Crippen molar-refractivity contribution in [1.82, 2.24) is 0 Å². The summed E-state index contributed by atoms with van der Waals surface area (Å²) in [5, 5.41) is 0. The molecule has 2 atom stereocenters. The number of halogens is 16. The number of carbonyl (C=O) groups is 2. The number of hydrogen-bond acceptors (Lipinski definition) is 5. The fourth-order valence-corrected chi connectivity index (χ4v) is 1.13. The zero-order chi connectivity index (χ0) is 24.8. The molecule has 0 amide bonds. The molecule has 0 aromatic carbocycles. The number of alkyl halides is 14. The molecule has 0 aliphatic carbocycles.